The number of aliphatic hydroxyl groups is 6. The molecule has 13 heteroatoms. The zero-order chi connectivity index (χ0) is 46.0. The van der Waals surface area contributed by atoms with Crippen LogP contribution in [0, 0.1) is 0 Å². The van der Waals surface area contributed by atoms with Crippen LogP contribution in [-0.2, 0) is 10.4 Å². The van der Waals surface area contributed by atoms with Gasteiger partial charge in [0, 0.05) is 10.4 Å². The molecule has 6 N–H and O–H groups in total. The SMILES string of the molecule is CCCCCCCC/C=C\CCCCCCCC[N+](CCO)(CCO)CCO.CCCCCCCC/C=C\CCCCCCCC[N+](CCO)(CCO)CCO.O=S(=O)([O-])[O-]. The van der Waals surface area contributed by atoms with E-state index in [1.165, 1.54) is 167 Å². The molecular weight excluding hydrogens is 797 g/mol. The molecule has 0 aliphatic heterocycles. The van der Waals surface area contributed by atoms with Crippen LogP contribution in [0.3, 0.4) is 0 Å². The minimum atomic E-state index is -5.17. The largest absolute Gasteiger partial charge is 0.759 e. The Morgan fingerprint density at radius 1 is 0.328 bits per heavy atom. The molecular formula is C48H100N2O10S. The highest BCUT2D eigenvalue weighted by molar-refractivity contribution is 7.79. The summed E-state index contributed by atoms with van der Waals surface area (Å²) >= 11 is 0. The molecule has 0 aliphatic rings. The van der Waals surface area contributed by atoms with Crippen LogP contribution in [0.15, 0.2) is 24.3 Å². The van der Waals surface area contributed by atoms with Gasteiger partial charge in [-0.05, 0) is 77.0 Å². The van der Waals surface area contributed by atoms with Gasteiger partial charge in [0.1, 0.15) is 39.3 Å². The van der Waals surface area contributed by atoms with Crippen molar-refractivity contribution in [2.75, 3.05) is 92.0 Å². The van der Waals surface area contributed by atoms with Gasteiger partial charge in [0.25, 0.3) is 0 Å². The lowest BCUT2D eigenvalue weighted by molar-refractivity contribution is -0.929. The maximum atomic E-state index is 9.31. The van der Waals surface area contributed by atoms with Crippen molar-refractivity contribution in [3.63, 3.8) is 0 Å². The van der Waals surface area contributed by atoms with Crippen molar-refractivity contribution < 1.29 is 57.1 Å². The molecule has 0 amide bonds. The average molecular weight is 897 g/mol. The average Bonchev–Trinajstić information content (AvgIpc) is 3.21. The van der Waals surface area contributed by atoms with Gasteiger partial charge in [-0.15, -0.1) is 0 Å². The van der Waals surface area contributed by atoms with E-state index >= 15 is 0 Å². The van der Waals surface area contributed by atoms with E-state index in [1.807, 2.05) is 0 Å². The number of quaternary nitrogens is 2. The van der Waals surface area contributed by atoms with Gasteiger partial charge >= 0.3 is 0 Å². The lowest BCUT2D eigenvalue weighted by atomic mass is 10.1. The zero-order valence-corrected chi connectivity index (χ0v) is 40.4. The molecule has 0 saturated heterocycles. The van der Waals surface area contributed by atoms with Crippen molar-refractivity contribution in [1.82, 2.24) is 0 Å². The van der Waals surface area contributed by atoms with E-state index in [0.717, 1.165) is 25.9 Å². The number of allylic oxidation sites excluding steroid dienone is 4. The Kier molecular flexibility index (Phi) is 52.8. The van der Waals surface area contributed by atoms with Crippen molar-refractivity contribution in [3.8, 4) is 0 Å². The summed E-state index contributed by atoms with van der Waals surface area (Å²) in [7, 11) is -5.17. The minimum absolute atomic E-state index is 0.117. The Balaban J connectivity index is -0.000000991. The Morgan fingerprint density at radius 2 is 0.508 bits per heavy atom. The number of hydrogen-bond donors (Lipinski definition) is 6. The number of rotatable bonds is 44. The number of aliphatic hydroxyl groups excluding tert-OH is 6. The summed E-state index contributed by atoms with van der Waals surface area (Å²) in [6.07, 6.45) is 46.0. The minimum Gasteiger partial charge on any atom is -0.759 e. The Hall–Kier alpha value is -0.970. The smallest absolute Gasteiger partial charge is 0.102 e. The van der Waals surface area contributed by atoms with E-state index in [0.29, 0.717) is 48.2 Å². The molecule has 0 aromatic heterocycles. The molecule has 0 fully saturated rings. The van der Waals surface area contributed by atoms with Gasteiger partial charge in [-0.25, -0.2) is 0 Å². The molecule has 0 spiro atoms. The van der Waals surface area contributed by atoms with Crippen molar-refractivity contribution in [3.05, 3.63) is 24.3 Å². The summed E-state index contributed by atoms with van der Waals surface area (Å²) in [6, 6.07) is 0. The standard InChI is InChI=1S/2C24H50NO3.H2O4S/c2*1-2-3-4-5-6-7-8-9-10-11-12-13-14-15-16-17-18-25(19-22-26,20-23-27)21-24-28;1-5(2,3)4/h2*9-10,26-28H,2-8,11-24H2,1H3;(H2,1,2,3,4)/q2*+1;/p-2/b2*10-9-;. The number of hydrogen-bond acceptors (Lipinski definition) is 10. The molecule has 0 heterocycles. The molecule has 0 saturated carbocycles. The molecule has 0 atom stereocenters. The number of unbranched alkanes of at least 4 members (excludes halogenated alkanes) is 24. The van der Waals surface area contributed by atoms with Gasteiger partial charge in [-0.2, -0.15) is 0 Å². The van der Waals surface area contributed by atoms with E-state index in [4.69, 9.17) is 17.5 Å². The Morgan fingerprint density at radius 3 is 0.705 bits per heavy atom. The zero-order valence-electron chi connectivity index (χ0n) is 39.6. The van der Waals surface area contributed by atoms with Gasteiger partial charge in [0.05, 0.1) is 52.7 Å². The maximum Gasteiger partial charge on any atom is 0.102 e. The first-order valence-electron chi connectivity index (χ1n) is 24.8. The van der Waals surface area contributed by atoms with E-state index < -0.39 is 10.4 Å². The summed E-state index contributed by atoms with van der Waals surface area (Å²) in [5.41, 5.74) is 0. The van der Waals surface area contributed by atoms with Crippen LogP contribution in [0.4, 0.5) is 0 Å². The summed E-state index contributed by atoms with van der Waals surface area (Å²) in [5.74, 6) is 0. The molecule has 0 rings (SSSR count). The fraction of sp³-hybridized carbons (Fsp3) is 0.917. The fourth-order valence-corrected chi connectivity index (χ4v) is 8.00. The van der Waals surface area contributed by atoms with Crippen LogP contribution < -0.4 is 0 Å². The predicted molar refractivity (Wildman–Crippen MR) is 251 cm³/mol. The molecule has 0 radical (unpaired) electrons. The molecule has 0 unspecified atom stereocenters. The Bertz CT molecular complexity index is 910. The van der Waals surface area contributed by atoms with E-state index in [-0.39, 0.29) is 39.6 Å². The lowest BCUT2D eigenvalue weighted by Gasteiger charge is -2.37. The van der Waals surface area contributed by atoms with E-state index in [9.17, 15) is 30.6 Å². The molecule has 0 bridgehead atoms. The summed E-state index contributed by atoms with van der Waals surface area (Å²) in [4.78, 5) is 0. The summed E-state index contributed by atoms with van der Waals surface area (Å²) in [6.45, 7) is 10.9. The Labute approximate surface area is 376 Å². The maximum absolute atomic E-state index is 9.31. The van der Waals surface area contributed by atoms with Gasteiger partial charge in [0.2, 0.25) is 0 Å². The molecule has 61 heavy (non-hydrogen) atoms. The second-order valence-corrected chi connectivity index (χ2v) is 17.9. The quantitative estimate of drug-likeness (QED) is 0.0114. The second-order valence-electron chi connectivity index (χ2n) is 17.1. The van der Waals surface area contributed by atoms with Crippen LogP contribution in [-0.4, -0.2) is 149 Å². The topological polar surface area (TPSA) is 202 Å². The van der Waals surface area contributed by atoms with Crippen molar-refractivity contribution in [1.29, 1.82) is 0 Å². The highest BCUT2D eigenvalue weighted by atomic mass is 32.3. The fourth-order valence-electron chi connectivity index (χ4n) is 8.00. The monoisotopic (exact) mass is 897 g/mol. The van der Waals surface area contributed by atoms with Gasteiger partial charge in [-0.1, -0.05) is 141 Å². The van der Waals surface area contributed by atoms with E-state index in [1.54, 1.807) is 0 Å². The molecule has 0 aromatic rings. The highest BCUT2D eigenvalue weighted by Gasteiger charge is 2.26. The third kappa shape index (κ3) is 51.5. The van der Waals surface area contributed by atoms with Crippen LogP contribution in [0.2, 0.25) is 0 Å². The first kappa shape index (κ1) is 64.3. The molecule has 12 nitrogen and oxygen atoms in total. The van der Waals surface area contributed by atoms with Crippen LogP contribution in [0.1, 0.15) is 194 Å². The summed E-state index contributed by atoms with van der Waals surface area (Å²) in [5, 5.41) is 55.8. The van der Waals surface area contributed by atoms with Gasteiger partial charge in [-0.3, -0.25) is 8.42 Å². The number of nitrogens with zero attached hydrogens (tertiary/aromatic N) is 2. The molecule has 0 aliphatic carbocycles. The first-order valence-corrected chi connectivity index (χ1v) is 26.1. The third-order valence-corrected chi connectivity index (χ3v) is 11.7. The van der Waals surface area contributed by atoms with E-state index in [2.05, 4.69) is 38.2 Å². The predicted octanol–water partition coefficient (Wildman–Crippen LogP) is 8.30. The lowest BCUT2D eigenvalue weighted by Crippen LogP contribution is -2.53. The van der Waals surface area contributed by atoms with Gasteiger partial charge < -0.3 is 48.7 Å². The normalized spacial score (nSPS) is 12.2. The third-order valence-electron chi connectivity index (χ3n) is 11.7. The van der Waals surface area contributed by atoms with Crippen molar-refractivity contribution in [2.24, 2.45) is 0 Å². The van der Waals surface area contributed by atoms with Crippen molar-refractivity contribution in [2.45, 2.75) is 194 Å². The molecule has 368 valence electrons. The van der Waals surface area contributed by atoms with Crippen LogP contribution >= 0.6 is 0 Å². The summed E-state index contributed by atoms with van der Waals surface area (Å²) < 4.78 is 35.4. The van der Waals surface area contributed by atoms with Crippen LogP contribution in [0.5, 0.6) is 0 Å². The second kappa shape index (κ2) is 50.0. The van der Waals surface area contributed by atoms with Crippen molar-refractivity contribution >= 4 is 10.4 Å². The van der Waals surface area contributed by atoms with Gasteiger partial charge in [0.15, 0.2) is 0 Å². The van der Waals surface area contributed by atoms with Crippen LogP contribution in [0.25, 0.3) is 0 Å². The highest BCUT2D eigenvalue weighted by Crippen LogP contribution is 2.15. The first-order chi connectivity index (χ1) is 29.5. The molecule has 0 aromatic carbocycles.